The average Bonchev–Trinajstić information content (AvgIpc) is 2.82. The molecular formula is C17H27N3O3S. The minimum Gasteiger partial charge on any atom is -0.494 e. The Bertz CT molecular complexity index is 551. The highest BCUT2D eigenvalue weighted by molar-refractivity contribution is 7.85. The lowest BCUT2D eigenvalue weighted by Crippen LogP contribution is -2.38. The highest BCUT2D eigenvalue weighted by Gasteiger charge is 2.20. The summed E-state index contributed by atoms with van der Waals surface area (Å²) < 4.78 is 17.2. The first-order valence-electron chi connectivity index (χ1n) is 8.44. The van der Waals surface area contributed by atoms with Crippen LogP contribution in [-0.4, -0.2) is 65.9 Å². The van der Waals surface area contributed by atoms with Crippen LogP contribution in [0.3, 0.4) is 0 Å². The Kier molecular flexibility index (Phi) is 7.52. The number of benzene rings is 1. The van der Waals surface area contributed by atoms with Gasteiger partial charge in [-0.15, -0.1) is 0 Å². The SMILES string of the molecule is CCOc1ccc(N2CCCN(C(=O)CS(=O)CCN)CC2)cc1. The summed E-state index contributed by atoms with van der Waals surface area (Å²) in [6.45, 7) is 6.04. The van der Waals surface area contributed by atoms with Crippen LogP contribution < -0.4 is 15.4 Å². The van der Waals surface area contributed by atoms with Crippen LogP contribution in [0.1, 0.15) is 13.3 Å². The molecule has 0 aliphatic carbocycles. The van der Waals surface area contributed by atoms with E-state index in [0.29, 0.717) is 32.0 Å². The molecule has 2 rings (SSSR count). The van der Waals surface area contributed by atoms with E-state index in [1.807, 2.05) is 24.0 Å². The van der Waals surface area contributed by atoms with Crippen LogP contribution in [0.4, 0.5) is 5.69 Å². The van der Waals surface area contributed by atoms with E-state index >= 15 is 0 Å². The lowest BCUT2D eigenvalue weighted by Gasteiger charge is -2.24. The van der Waals surface area contributed by atoms with Crippen molar-refractivity contribution in [1.82, 2.24) is 4.90 Å². The van der Waals surface area contributed by atoms with Gasteiger partial charge >= 0.3 is 0 Å². The van der Waals surface area contributed by atoms with E-state index < -0.39 is 10.8 Å². The van der Waals surface area contributed by atoms with Crippen LogP contribution >= 0.6 is 0 Å². The first-order valence-corrected chi connectivity index (χ1v) is 9.93. The van der Waals surface area contributed by atoms with Gasteiger partial charge in [0.05, 0.1) is 6.61 Å². The molecule has 24 heavy (non-hydrogen) atoms. The van der Waals surface area contributed by atoms with Crippen molar-refractivity contribution in [2.75, 3.05) is 55.7 Å². The Hall–Kier alpha value is -1.60. The predicted octanol–water partition coefficient (Wildman–Crippen LogP) is 0.831. The van der Waals surface area contributed by atoms with Crippen LogP contribution in [0.2, 0.25) is 0 Å². The van der Waals surface area contributed by atoms with E-state index in [1.54, 1.807) is 0 Å². The summed E-state index contributed by atoms with van der Waals surface area (Å²) in [5.41, 5.74) is 6.53. The predicted molar refractivity (Wildman–Crippen MR) is 98.0 cm³/mol. The average molecular weight is 353 g/mol. The third-order valence-electron chi connectivity index (χ3n) is 3.99. The van der Waals surface area contributed by atoms with Gasteiger partial charge in [-0.2, -0.15) is 0 Å². The summed E-state index contributed by atoms with van der Waals surface area (Å²) in [5.74, 6) is 1.31. The summed E-state index contributed by atoms with van der Waals surface area (Å²) in [6, 6.07) is 8.06. The van der Waals surface area contributed by atoms with E-state index in [1.165, 1.54) is 0 Å². The van der Waals surface area contributed by atoms with Gasteiger partial charge in [0.2, 0.25) is 5.91 Å². The molecule has 1 aromatic rings. The quantitative estimate of drug-likeness (QED) is 0.786. The second-order valence-electron chi connectivity index (χ2n) is 5.73. The zero-order valence-corrected chi connectivity index (χ0v) is 15.1. The number of ether oxygens (including phenoxy) is 1. The van der Waals surface area contributed by atoms with Crippen LogP contribution in [0.15, 0.2) is 24.3 Å². The standard InChI is InChI=1S/C17H27N3O3S/c1-2-23-16-6-4-15(5-7-16)19-9-3-10-20(12-11-19)17(21)14-24(22)13-8-18/h4-7H,2-3,8-14,18H2,1H3. The maximum atomic E-state index is 12.3. The Morgan fingerprint density at radius 1 is 1.21 bits per heavy atom. The lowest BCUT2D eigenvalue weighted by atomic mass is 10.2. The van der Waals surface area contributed by atoms with Gasteiger partial charge in [-0.3, -0.25) is 9.00 Å². The van der Waals surface area contributed by atoms with Crippen LogP contribution in [0, 0.1) is 0 Å². The number of rotatable bonds is 7. The Morgan fingerprint density at radius 3 is 2.62 bits per heavy atom. The summed E-state index contributed by atoms with van der Waals surface area (Å²) >= 11 is 0. The number of carbonyl (C=O) groups is 1. The molecule has 0 saturated carbocycles. The van der Waals surface area contributed by atoms with E-state index in [2.05, 4.69) is 17.0 Å². The molecule has 1 heterocycles. The normalized spacial score (nSPS) is 16.6. The summed E-state index contributed by atoms with van der Waals surface area (Å²) in [5, 5.41) is 0. The fraction of sp³-hybridized carbons (Fsp3) is 0.588. The van der Waals surface area contributed by atoms with Crippen molar-refractivity contribution in [3.63, 3.8) is 0 Å². The number of anilines is 1. The molecular weight excluding hydrogens is 326 g/mol. The third-order valence-corrected chi connectivity index (χ3v) is 5.25. The molecule has 2 N–H and O–H groups in total. The first-order chi connectivity index (χ1) is 11.6. The first kappa shape index (κ1) is 18.7. The van der Waals surface area contributed by atoms with Crippen molar-refractivity contribution in [3.05, 3.63) is 24.3 Å². The molecule has 6 nitrogen and oxygen atoms in total. The number of nitrogens with zero attached hydrogens (tertiary/aromatic N) is 2. The number of nitrogens with two attached hydrogens (primary N) is 1. The van der Waals surface area contributed by atoms with Crippen molar-refractivity contribution >= 4 is 22.4 Å². The van der Waals surface area contributed by atoms with Crippen LogP contribution in [0.25, 0.3) is 0 Å². The summed E-state index contributed by atoms with van der Waals surface area (Å²) in [4.78, 5) is 16.4. The maximum absolute atomic E-state index is 12.3. The number of hydrogen-bond donors (Lipinski definition) is 1. The Morgan fingerprint density at radius 2 is 1.96 bits per heavy atom. The second-order valence-corrected chi connectivity index (χ2v) is 7.30. The maximum Gasteiger partial charge on any atom is 0.235 e. The molecule has 0 radical (unpaired) electrons. The van der Waals surface area contributed by atoms with Crippen LogP contribution in [-0.2, 0) is 15.6 Å². The molecule has 0 spiro atoms. The minimum atomic E-state index is -1.15. The molecule has 1 unspecified atom stereocenters. The number of carbonyl (C=O) groups excluding carboxylic acids is 1. The molecule has 1 fully saturated rings. The molecule has 1 atom stereocenters. The zero-order chi connectivity index (χ0) is 17.4. The molecule has 134 valence electrons. The second kappa shape index (κ2) is 9.64. The molecule has 0 bridgehead atoms. The highest BCUT2D eigenvalue weighted by Crippen LogP contribution is 2.21. The van der Waals surface area contributed by atoms with Crippen molar-refractivity contribution in [3.8, 4) is 5.75 Å². The van der Waals surface area contributed by atoms with Gasteiger partial charge < -0.3 is 20.3 Å². The van der Waals surface area contributed by atoms with Gasteiger partial charge in [0, 0.05) is 55.0 Å². The molecule has 1 aromatic carbocycles. The molecule has 1 saturated heterocycles. The van der Waals surface area contributed by atoms with Crippen molar-refractivity contribution in [2.24, 2.45) is 5.73 Å². The fourth-order valence-electron chi connectivity index (χ4n) is 2.78. The van der Waals surface area contributed by atoms with Crippen molar-refractivity contribution in [1.29, 1.82) is 0 Å². The Labute approximate surface area is 146 Å². The zero-order valence-electron chi connectivity index (χ0n) is 14.3. The highest BCUT2D eigenvalue weighted by atomic mass is 32.2. The molecule has 1 aliphatic heterocycles. The van der Waals surface area contributed by atoms with Gasteiger partial charge in [-0.1, -0.05) is 0 Å². The number of hydrogen-bond acceptors (Lipinski definition) is 5. The van der Waals surface area contributed by atoms with Gasteiger partial charge in [-0.25, -0.2) is 0 Å². The minimum absolute atomic E-state index is 0.0321. The van der Waals surface area contributed by atoms with Crippen molar-refractivity contribution < 1.29 is 13.7 Å². The van der Waals surface area contributed by atoms with Gasteiger partial charge in [0.1, 0.15) is 11.5 Å². The molecule has 0 aromatic heterocycles. The van der Waals surface area contributed by atoms with E-state index in [9.17, 15) is 9.00 Å². The van der Waals surface area contributed by atoms with E-state index in [4.69, 9.17) is 10.5 Å². The van der Waals surface area contributed by atoms with Crippen molar-refractivity contribution in [2.45, 2.75) is 13.3 Å². The monoisotopic (exact) mass is 353 g/mol. The molecule has 7 heteroatoms. The summed E-state index contributed by atoms with van der Waals surface area (Å²) in [6.07, 6.45) is 0.905. The van der Waals surface area contributed by atoms with Gasteiger partial charge in [-0.05, 0) is 37.6 Å². The van der Waals surface area contributed by atoms with E-state index in [0.717, 1.165) is 30.9 Å². The lowest BCUT2D eigenvalue weighted by molar-refractivity contribution is -0.128. The largest absolute Gasteiger partial charge is 0.494 e. The van der Waals surface area contributed by atoms with Crippen LogP contribution in [0.5, 0.6) is 5.75 Å². The molecule has 1 aliphatic rings. The Balaban J connectivity index is 1.89. The fourth-order valence-corrected chi connectivity index (χ4v) is 3.64. The third kappa shape index (κ3) is 5.49. The van der Waals surface area contributed by atoms with Gasteiger partial charge in [0.15, 0.2) is 0 Å². The molecule has 1 amide bonds. The van der Waals surface area contributed by atoms with Gasteiger partial charge in [0.25, 0.3) is 0 Å². The van der Waals surface area contributed by atoms with E-state index in [-0.39, 0.29) is 11.7 Å². The smallest absolute Gasteiger partial charge is 0.235 e. The topological polar surface area (TPSA) is 75.9 Å². The summed E-state index contributed by atoms with van der Waals surface area (Å²) in [7, 11) is -1.15. The number of amides is 1.